The van der Waals surface area contributed by atoms with Gasteiger partial charge in [-0.1, -0.05) is 31.5 Å². The number of carbonyl (C=O) groups is 1. The molecular formula is C12H16ClFN2O2S. The predicted molar refractivity (Wildman–Crippen MR) is 73.5 cm³/mol. The highest BCUT2D eigenvalue weighted by Gasteiger charge is 2.17. The molecule has 1 unspecified atom stereocenters. The van der Waals surface area contributed by atoms with Crippen LogP contribution in [0, 0.1) is 11.7 Å². The van der Waals surface area contributed by atoms with E-state index in [0.29, 0.717) is 12.3 Å². The summed E-state index contributed by atoms with van der Waals surface area (Å²) in [5.74, 6) is -1.19. The molecule has 0 aliphatic heterocycles. The maximum absolute atomic E-state index is 13.7. The van der Waals surface area contributed by atoms with E-state index in [2.05, 4.69) is 4.36 Å². The van der Waals surface area contributed by atoms with E-state index >= 15 is 0 Å². The standard InChI is InChI=1S/C12H16ClFN2O2S/c1-8(2)6-7-11(17)16-19(15,18)10-5-3-4-9(13)12(10)14/h3-5,8H,6-7H2,1-2H3,(H2,15,16,17,18). The first-order valence-electron chi connectivity index (χ1n) is 5.76. The lowest BCUT2D eigenvalue weighted by atomic mass is 10.1. The zero-order chi connectivity index (χ0) is 14.6. The van der Waals surface area contributed by atoms with Crippen LogP contribution in [-0.2, 0) is 14.7 Å². The number of rotatable bonds is 4. The van der Waals surface area contributed by atoms with E-state index in [1.54, 1.807) is 0 Å². The Labute approximate surface area is 117 Å². The molecule has 1 amide bonds. The van der Waals surface area contributed by atoms with Crippen LogP contribution < -0.4 is 5.14 Å². The molecule has 0 aliphatic rings. The summed E-state index contributed by atoms with van der Waals surface area (Å²) < 4.78 is 29.2. The van der Waals surface area contributed by atoms with Crippen molar-refractivity contribution in [3.05, 3.63) is 29.0 Å². The minimum atomic E-state index is -3.59. The number of nitrogens with two attached hydrogens (primary N) is 1. The van der Waals surface area contributed by atoms with E-state index in [1.807, 2.05) is 13.8 Å². The first-order chi connectivity index (χ1) is 8.74. The molecule has 0 saturated carbocycles. The summed E-state index contributed by atoms with van der Waals surface area (Å²) >= 11 is 5.58. The quantitative estimate of drug-likeness (QED) is 0.928. The van der Waals surface area contributed by atoms with E-state index in [9.17, 15) is 13.4 Å². The van der Waals surface area contributed by atoms with E-state index in [0.717, 1.165) is 0 Å². The molecule has 1 atom stereocenters. The lowest BCUT2D eigenvalue weighted by Gasteiger charge is -2.06. The average Bonchev–Trinajstić information content (AvgIpc) is 2.29. The van der Waals surface area contributed by atoms with E-state index in [4.69, 9.17) is 16.7 Å². The molecule has 7 heteroatoms. The van der Waals surface area contributed by atoms with Gasteiger partial charge in [-0.25, -0.2) is 13.7 Å². The van der Waals surface area contributed by atoms with Crippen LogP contribution in [0.1, 0.15) is 26.7 Å². The number of nitrogens with zero attached hydrogens (tertiary/aromatic N) is 1. The van der Waals surface area contributed by atoms with Gasteiger partial charge in [0.2, 0.25) is 0 Å². The van der Waals surface area contributed by atoms with E-state index in [-0.39, 0.29) is 16.3 Å². The van der Waals surface area contributed by atoms with Gasteiger partial charge in [-0.05, 0) is 24.5 Å². The first kappa shape index (κ1) is 16.1. The van der Waals surface area contributed by atoms with Crippen LogP contribution in [0.4, 0.5) is 4.39 Å². The Hall–Kier alpha value is -0.980. The SMILES string of the molecule is CC(C)CCC(=O)N=S(N)(=O)c1cccc(Cl)c1F. The molecule has 4 nitrogen and oxygen atoms in total. The fourth-order valence-corrected chi connectivity index (χ4v) is 2.73. The third-order valence-corrected chi connectivity index (χ3v) is 4.12. The number of hydrogen-bond donors (Lipinski definition) is 1. The summed E-state index contributed by atoms with van der Waals surface area (Å²) in [4.78, 5) is 11.2. The van der Waals surface area contributed by atoms with Gasteiger partial charge in [0, 0.05) is 6.42 Å². The van der Waals surface area contributed by atoms with Crippen molar-refractivity contribution in [2.75, 3.05) is 0 Å². The number of halogens is 2. The number of amides is 1. The fourth-order valence-electron chi connectivity index (χ4n) is 1.37. The van der Waals surface area contributed by atoms with Gasteiger partial charge in [-0.3, -0.25) is 4.79 Å². The van der Waals surface area contributed by atoms with Crippen LogP contribution >= 0.6 is 11.6 Å². The van der Waals surface area contributed by atoms with Gasteiger partial charge in [-0.15, -0.1) is 4.36 Å². The summed E-state index contributed by atoms with van der Waals surface area (Å²) in [6.45, 7) is 3.90. The van der Waals surface area contributed by atoms with Gasteiger partial charge in [0.25, 0.3) is 5.91 Å². The zero-order valence-electron chi connectivity index (χ0n) is 10.7. The van der Waals surface area contributed by atoms with Crippen LogP contribution in [0.5, 0.6) is 0 Å². The smallest absolute Gasteiger partial charge is 0.255 e. The van der Waals surface area contributed by atoms with E-state index in [1.165, 1.54) is 18.2 Å². The van der Waals surface area contributed by atoms with Crippen molar-refractivity contribution in [2.24, 2.45) is 15.4 Å². The highest BCUT2D eigenvalue weighted by atomic mass is 35.5. The Morgan fingerprint density at radius 3 is 2.74 bits per heavy atom. The molecule has 0 fully saturated rings. The molecule has 0 radical (unpaired) electrons. The first-order valence-corrected chi connectivity index (χ1v) is 7.71. The van der Waals surface area contributed by atoms with Crippen LogP contribution in [0.25, 0.3) is 0 Å². The molecular weight excluding hydrogens is 291 g/mol. The van der Waals surface area contributed by atoms with Crippen molar-refractivity contribution in [3.8, 4) is 0 Å². The lowest BCUT2D eigenvalue weighted by molar-refractivity contribution is -0.117. The molecule has 1 aromatic carbocycles. The summed E-state index contributed by atoms with van der Waals surface area (Å²) in [6.07, 6.45) is 0.740. The predicted octanol–water partition coefficient (Wildman–Crippen LogP) is 3.14. The van der Waals surface area contributed by atoms with Crippen LogP contribution in [0.15, 0.2) is 27.5 Å². The molecule has 1 rings (SSSR count). The molecule has 0 aliphatic carbocycles. The monoisotopic (exact) mass is 306 g/mol. The minimum Gasteiger partial charge on any atom is -0.272 e. The van der Waals surface area contributed by atoms with E-state index < -0.39 is 21.6 Å². The Kier molecular flexibility index (Phi) is 5.46. The molecule has 0 heterocycles. The molecule has 0 spiro atoms. The fraction of sp³-hybridized carbons (Fsp3) is 0.417. The third kappa shape index (κ3) is 4.56. The maximum Gasteiger partial charge on any atom is 0.255 e. The van der Waals surface area contributed by atoms with Crippen molar-refractivity contribution in [3.63, 3.8) is 0 Å². The average molecular weight is 307 g/mol. The van der Waals surface area contributed by atoms with Crippen molar-refractivity contribution < 1.29 is 13.4 Å². The van der Waals surface area contributed by atoms with Gasteiger partial charge < -0.3 is 0 Å². The molecule has 0 bridgehead atoms. The molecule has 0 aromatic heterocycles. The minimum absolute atomic E-state index is 0.133. The zero-order valence-corrected chi connectivity index (χ0v) is 12.3. The highest BCUT2D eigenvalue weighted by molar-refractivity contribution is 7.91. The third-order valence-electron chi connectivity index (χ3n) is 2.40. The van der Waals surface area contributed by atoms with Crippen LogP contribution in [-0.4, -0.2) is 10.1 Å². The van der Waals surface area contributed by atoms with Gasteiger partial charge in [0.1, 0.15) is 9.92 Å². The number of benzene rings is 1. The topological polar surface area (TPSA) is 72.5 Å². The summed E-state index contributed by atoms with van der Waals surface area (Å²) in [5, 5.41) is 5.25. The van der Waals surface area contributed by atoms with Gasteiger partial charge in [0.05, 0.1) is 9.92 Å². The maximum atomic E-state index is 13.7. The molecule has 2 N–H and O–H groups in total. The Morgan fingerprint density at radius 2 is 2.16 bits per heavy atom. The van der Waals surface area contributed by atoms with Crippen molar-refractivity contribution in [1.82, 2.24) is 0 Å². The second-order valence-corrected chi connectivity index (χ2v) is 6.71. The van der Waals surface area contributed by atoms with Gasteiger partial charge in [0.15, 0.2) is 5.82 Å². The summed E-state index contributed by atoms with van der Waals surface area (Å²) in [6, 6.07) is 3.92. The largest absolute Gasteiger partial charge is 0.272 e. The highest BCUT2D eigenvalue weighted by Crippen LogP contribution is 2.22. The van der Waals surface area contributed by atoms with Crippen molar-refractivity contribution in [1.29, 1.82) is 0 Å². The van der Waals surface area contributed by atoms with Gasteiger partial charge in [-0.2, -0.15) is 0 Å². The molecule has 1 aromatic rings. The second kappa shape index (κ2) is 6.45. The molecule has 0 saturated heterocycles. The second-order valence-electron chi connectivity index (χ2n) is 4.54. The van der Waals surface area contributed by atoms with Crippen LogP contribution in [0.3, 0.4) is 0 Å². The van der Waals surface area contributed by atoms with Crippen molar-refractivity contribution >= 4 is 27.4 Å². The Balaban J connectivity index is 3.06. The number of hydrogen-bond acceptors (Lipinski definition) is 2. The molecule has 106 valence electrons. The normalized spacial score (nSPS) is 14.2. The lowest BCUT2D eigenvalue weighted by Crippen LogP contribution is -2.17. The summed E-state index contributed by atoms with van der Waals surface area (Å²) in [7, 11) is -3.59. The Bertz CT molecular complexity index is 595. The Morgan fingerprint density at radius 1 is 1.53 bits per heavy atom. The van der Waals surface area contributed by atoms with Gasteiger partial charge >= 0.3 is 0 Å². The number of carbonyl (C=O) groups excluding carboxylic acids is 1. The molecule has 19 heavy (non-hydrogen) atoms. The summed E-state index contributed by atoms with van der Waals surface area (Å²) in [5.41, 5.74) is 0. The van der Waals surface area contributed by atoms with Crippen LogP contribution in [0.2, 0.25) is 5.02 Å². The van der Waals surface area contributed by atoms with Crippen molar-refractivity contribution in [2.45, 2.75) is 31.6 Å².